The van der Waals surface area contributed by atoms with Crippen LogP contribution in [0.4, 0.5) is 13.2 Å². The molecule has 0 saturated carbocycles. The minimum atomic E-state index is -4.57. The molecule has 0 radical (unpaired) electrons. The van der Waals surface area contributed by atoms with Crippen molar-refractivity contribution in [3.8, 4) is 0 Å². The van der Waals surface area contributed by atoms with Crippen LogP contribution in [0.5, 0.6) is 0 Å². The molecular weight excluding hydrogens is 263 g/mol. The van der Waals surface area contributed by atoms with Crippen LogP contribution in [0.25, 0.3) is 0 Å². The summed E-state index contributed by atoms with van der Waals surface area (Å²) < 4.78 is 58.0. The summed E-state index contributed by atoms with van der Waals surface area (Å²) in [5.74, 6) is -1.15. The van der Waals surface area contributed by atoms with Gasteiger partial charge in [0.15, 0.2) is 16.4 Å². The smallest absolute Gasteiger partial charge is 0.271 e. The van der Waals surface area contributed by atoms with E-state index in [1.54, 1.807) is 0 Å². The standard InChI is InChI=1S/C8H12F3NO4S/c9-8(10,11)5-16-12-7(13)6-3-1-2-4-17(6,14)15/h6H,1-5H2,(H,12,13). The van der Waals surface area contributed by atoms with E-state index in [9.17, 15) is 26.4 Å². The zero-order chi connectivity index (χ0) is 13.1. The number of carbonyl (C=O) groups excluding carboxylic acids is 1. The van der Waals surface area contributed by atoms with Gasteiger partial charge in [-0.1, -0.05) is 6.42 Å². The van der Waals surface area contributed by atoms with E-state index >= 15 is 0 Å². The molecule has 100 valence electrons. The molecule has 0 aromatic heterocycles. The molecule has 1 saturated heterocycles. The van der Waals surface area contributed by atoms with Crippen molar-refractivity contribution in [2.75, 3.05) is 12.4 Å². The number of rotatable bonds is 3. The summed E-state index contributed by atoms with van der Waals surface area (Å²) >= 11 is 0. The van der Waals surface area contributed by atoms with E-state index in [1.807, 2.05) is 0 Å². The number of hydroxylamine groups is 1. The molecule has 0 aromatic carbocycles. The van der Waals surface area contributed by atoms with Crippen molar-refractivity contribution < 1.29 is 31.2 Å². The Morgan fingerprint density at radius 1 is 1.35 bits per heavy atom. The quantitative estimate of drug-likeness (QED) is 0.764. The average Bonchev–Trinajstić information content (AvgIpc) is 2.14. The van der Waals surface area contributed by atoms with E-state index in [-0.39, 0.29) is 12.2 Å². The van der Waals surface area contributed by atoms with Crippen LogP contribution in [0.1, 0.15) is 19.3 Å². The molecule has 1 aliphatic rings. The third kappa shape index (κ3) is 4.50. The molecule has 17 heavy (non-hydrogen) atoms. The second-order valence-electron chi connectivity index (χ2n) is 3.72. The molecule has 1 rings (SSSR count). The molecule has 0 aliphatic carbocycles. The maximum Gasteiger partial charge on any atom is 0.414 e. The number of halogens is 3. The summed E-state index contributed by atoms with van der Waals surface area (Å²) in [5.41, 5.74) is 1.53. The first-order valence-corrected chi connectivity index (χ1v) is 6.64. The highest BCUT2D eigenvalue weighted by molar-refractivity contribution is 7.92. The van der Waals surface area contributed by atoms with Gasteiger partial charge in [-0.15, -0.1) is 0 Å². The minimum absolute atomic E-state index is 0.115. The first kappa shape index (κ1) is 14.2. The van der Waals surface area contributed by atoms with Gasteiger partial charge in [-0.3, -0.25) is 9.63 Å². The summed E-state index contributed by atoms with van der Waals surface area (Å²) in [6, 6.07) is 0. The Balaban J connectivity index is 2.47. The Labute approximate surface area is 96.2 Å². The van der Waals surface area contributed by atoms with E-state index in [1.165, 1.54) is 5.48 Å². The lowest BCUT2D eigenvalue weighted by Crippen LogP contribution is -2.43. The van der Waals surface area contributed by atoms with Crippen LogP contribution in [0, 0.1) is 0 Å². The maximum absolute atomic E-state index is 11.7. The van der Waals surface area contributed by atoms with Gasteiger partial charge in [0.25, 0.3) is 5.91 Å². The molecule has 1 heterocycles. The molecular formula is C8H12F3NO4S. The molecule has 1 fully saturated rings. The number of sulfone groups is 1. The summed E-state index contributed by atoms with van der Waals surface area (Å²) in [5, 5.41) is -1.30. The zero-order valence-electron chi connectivity index (χ0n) is 8.79. The minimum Gasteiger partial charge on any atom is -0.271 e. The van der Waals surface area contributed by atoms with E-state index in [0.717, 1.165) is 0 Å². The van der Waals surface area contributed by atoms with Gasteiger partial charge in [-0.25, -0.2) is 13.9 Å². The van der Waals surface area contributed by atoms with Crippen molar-refractivity contribution in [3.63, 3.8) is 0 Å². The van der Waals surface area contributed by atoms with Gasteiger partial charge < -0.3 is 0 Å². The van der Waals surface area contributed by atoms with E-state index in [0.29, 0.717) is 12.8 Å². The molecule has 1 atom stereocenters. The second kappa shape index (κ2) is 5.21. The molecule has 5 nitrogen and oxygen atoms in total. The normalized spacial score (nSPS) is 24.3. The topological polar surface area (TPSA) is 72.5 Å². The Morgan fingerprint density at radius 3 is 2.53 bits per heavy atom. The third-order valence-electron chi connectivity index (χ3n) is 2.28. The monoisotopic (exact) mass is 275 g/mol. The fourth-order valence-electron chi connectivity index (χ4n) is 1.50. The van der Waals surface area contributed by atoms with Crippen LogP contribution in [0.3, 0.4) is 0 Å². The number of hydrogen-bond acceptors (Lipinski definition) is 4. The van der Waals surface area contributed by atoms with Crippen molar-refractivity contribution in [1.82, 2.24) is 5.48 Å². The maximum atomic E-state index is 11.7. The van der Waals surface area contributed by atoms with Gasteiger partial charge in [0.2, 0.25) is 0 Å². The molecule has 1 amide bonds. The molecule has 0 aromatic rings. The molecule has 1 unspecified atom stereocenters. The fourth-order valence-corrected chi connectivity index (χ4v) is 3.29. The first-order valence-electron chi connectivity index (χ1n) is 4.92. The van der Waals surface area contributed by atoms with Gasteiger partial charge >= 0.3 is 6.18 Å². The highest BCUT2D eigenvalue weighted by Crippen LogP contribution is 2.20. The van der Waals surface area contributed by atoms with Crippen molar-refractivity contribution in [2.45, 2.75) is 30.7 Å². The highest BCUT2D eigenvalue weighted by atomic mass is 32.2. The number of amides is 1. The molecule has 1 aliphatic heterocycles. The SMILES string of the molecule is O=C(NOCC(F)(F)F)C1CCCCS1(=O)=O. The Hall–Kier alpha value is -0.830. The lowest BCUT2D eigenvalue weighted by Gasteiger charge is -2.21. The number of nitrogens with one attached hydrogen (secondary N) is 1. The largest absolute Gasteiger partial charge is 0.414 e. The number of hydrogen-bond donors (Lipinski definition) is 1. The highest BCUT2D eigenvalue weighted by Gasteiger charge is 2.36. The van der Waals surface area contributed by atoms with Crippen LogP contribution < -0.4 is 5.48 Å². The molecule has 0 spiro atoms. The number of alkyl halides is 3. The predicted octanol–water partition coefficient (Wildman–Crippen LogP) is 0.564. The van der Waals surface area contributed by atoms with Crippen molar-refractivity contribution >= 4 is 15.7 Å². The van der Waals surface area contributed by atoms with E-state index < -0.39 is 33.8 Å². The second-order valence-corrected chi connectivity index (χ2v) is 6.02. The van der Waals surface area contributed by atoms with E-state index in [2.05, 4.69) is 4.84 Å². The zero-order valence-corrected chi connectivity index (χ0v) is 9.60. The van der Waals surface area contributed by atoms with E-state index in [4.69, 9.17) is 0 Å². The van der Waals surface area contributed by atoms with Crippen LogP contribution in [0.15, 0.2) is 0 Å². The van der Waals surface area contributed by atoms with Gasteiger partial charge in [-0.2, -0.15) is 13.2 Å². The van der Waals surface area contributed by atoms with Crippen LogP contribution in [-0.4, -0.2) is 38.1 Å². The summed E-state index contributed by atoms with van der Waals surface area (Å²) in [6.07, 6.45) is -3.44. The van der Waals surface area contributed by atoms with Gasteiger partial charge in [0.1, 0.15) is 5.25 Å². The van der Waals surface area contributed by atoms with Crippen LogP contribution in [-0.2, 0) is 19.5 Å². The van der Waals surface area contributed by atoms with Gasteiger partial charge in [-0.05, 0) is 12.8 Å². The van der Waals surface area contributed by atoms with Gasteiger partial charge in [0, 0.05) is 0 Å². The van der Waals surface area contributed by atoms with Crippen molar-refractivity contribution in [2.24, 2.45) is 0 Å². The molecule has 0 bridgehead atoms. The third-order valence-corrected chi connectivity index (χ3v) is 4.45. The summed E-state index contributed by atoms with van der Waals surface area (Å²) in [4.78, 5) is 15.2. The summed E-state index contributed by atoms with van der Waals surface area (Å²) in [7, 11) is -3.56. The van der Waals surface area contributed by atoms with Crippen LogP contribution in [0.2, 0.25) is 0 Å². The Kier molecular flexibility index (Phi) is 4.36. The lowest BCUT2D eigenvalue weighted by molar-refractivity contribution is -0.191. The number of carbonyl (C=O) groups is 1. The van der Waals surface area contributed by atoms with Gasteiger partial charge in [0.05, 0.1) is 5.75 Å². The van der Waals surface area contributed by atoms with Crippen molar-refractivity contribution in [1.29, 1.82) is 0 Å². The van der Waals surface area contributed by atoms with Crippen LogP contribution >= 0.6 is 0 Å². The molecule has 9 heteroatoms. The Bertz CT molecular complexity index is 379. The predicted molar refractivity (Wildman–Crippen MR) is 51.6 cm³/mol. The van der Waals surface area contributed by atoms with Crippen molar-refractivity contribution in [3.05, 3.63) is 0 Å². The lowest BCUT2D eigenvalue weighted by atomic mass is 10.2. The fraction of sp³-hybridized carbons (Fsp3) is 0.875. The Morgan fingerprint density at radius 2 is 2.00 bits per heavy atom. The first-order chi connectivity index (χ1) is 7.72. The summed E-state index contributed by atoms with van der Waals surface area (Å²) in [6.45, 7) is -1.65. The molecule has 1 N–H and O–H groups in total. The average molecular weight is 275 g/mol.